The number of rotatable bonds is 2. The maximum Gasteiger partial charge on any atom is 0.198 e. The minimum Gasteiger partial charge on any atom is -0.495 e. The van der Waals surface area contributed by atoms with E-state index in [0.717, 1.165) is 0 Å². The van der Waals surface area contributed by atoms with Crippen LogP contribution >= 0.6 is 39.1 Å². The Morgan fingerprint density at radius 1 is 1.35 bits per heavy atom. The normalized spacial score (nSPS) is 10.6. The van der Waals surface area contributed by atoms with Crippen molar-refractivity contribution in [1.29, 1.82) is 0 Å². The molecule has 2 aromatic rings. The molecule has 0 aliphatic carbocycles. The largest absolute Gasteiger partial charge is 0.495 e. The summed E-state index contributed by atoms with van der Waals surface area (Å²) < 4.78 is 5.72. The Kier molecular flexibility index (Phi) is 3.51. The summed E-state index contributed by atoms with van der Waals surface area (Å²) >= 11 is 15.5. The fourth-order valence-corrected chi connectivity index (χ4v) is 2.40. The molecule has 0 aliphatic rings. The number of nitrogens with one attached hydrogen (secondary N) is 1. The Balaban J connectivity index is 2.60. The number of halogens is 3. The highest BCUT2D eigenvalue weighted by Crippen LogP contribution is 2.38. The summed E-state index contributed by atoms with van der Waals surface area (Å²) in [6.07, 6.45) is 0. The number of aromatic amines is 1. The number of benzene rings is 1. The molecule has 0 saturated heterocycles. The Labute approximate surface area is 116 Å². The van der Waals surface area contributed by atoms with Gasteiger partial charge >= 0.3 is 0 Å². The van der Waals surface area contributed by atoms with E-state index in [4.69, 9.17) is 33.7 Å². The summed E-state index contributed by atoms with van der Waals surface area (Å²) in [5.74, 6) is 0.815. The number of aromatic nitrogens is 2. The standard InChI is InChI=1S/C10H8BrCl2N3O/c1-17-7-3-5(12)4(2-6(7)13)8-9(11)16-10(14)15-8/h2-3H,1H3,(H3,14,15,16). The van der Waals surface area contributed by atoms with E-state index in [1.807, 2.05) is 0 Å². The third kappa shape index (κ3) is 2.36. The van der Waals surface area contributed by atoms with E-state index in [2.05, 4.69) is 25.9 Å². The van der Waals surface area contributed by atoms with Crippen molar-refractivity contribution in [2.24, 2.45) is 0 Å². The number of ether oxygens (including phenoxy) is 1. The minimum atomic E-state index is 0.301. The zero-order valence-corrected chi connectivity index (χ0v) is 11.8. The summed E-state index contributed by atoms with van der Waals surface area (Å²) in [6.45, 7) is 0. The van der Waals surface area contributed by atoms with Gasteiger partial charge in [0.1, 0.15) is 16.0 Å². The first-order chi connectivity index (χ1) is 8.02. The second-order valence-electron chi connectivity index (χ2n) is 3.25. The van der Waals surface area contributed by atoms with Crippen LogP contribution in [-0.4, -0.2) is 17.1 Å². The van der Waals surface area contributed by atoms with E-state index in [0.29, 0.717) is 37.6 Å². The molecule has 0 unspecified atom stereocenters. The predicted molar refractivity (Wildman–Crippen MR) is 72.7 cm³/mol. The van der Waals surface area contributed by atoms with Crippen LogP contribution in [0.15, 0.2) is 16.7 Å². The summed E-state index contributed by atoms with van der Waals surface area (Å²) in [4.78, 5) is 6.96. The van der Waals surface area contributed by atoms with E-state index in [9.17, 15) is 0 Å². The van der Waals surface area contributed by atoms with Crippen LogP contribution < -0.4 is 10.5 Å². The molecule has 90 valence electrons. The van der Waals surface area contributed by atoms with Crippen LogP contribution in [0.25, 0.3) is 11.3 Å². The van der Waals surface area contributed by atoms with Crippen LogP contribution in [0.2, 0.25) is 10.0 Å². The molecule has 1 aromatic heterocycles. The number of methoxy groups -OCH3 is 1. The van der Waals surface area contributed by atoms with Gasteiger partial charge in [0.05, 0.1) is 17.2 Å². The van der Waals surface area contributed by atoms with Gasteiger partial charge < -0.3 is 15.5 Å². The molecule has 3 N–H and O–H groups in total. The smallest absolute Gasteiger partial charge is 0.198 e. The Bertz CT molecular complexity index is 571. The van der Waals surface area contributed by atoms with Crippen molar-refractivity contribution in [3.8, 4) is 17.0 Å². The maximum absolute atomic E-state index is 6.14. The van der Waals surface area contributed by atoms with Crippen LogP contribution in [0.5, 0.6) is 5.75 Å². The first kappa shape index (κ1) is 12.5. The van der Waals surface area contributed by atoms with E-state index in [1.54, 1.807) is 12.1 Å². The van der Waals surface area contributed by atoms with Crippen LogP contribution in [0.3, 0.4) is 0 Å². The van der Waals surface area contributed by atoms with Crippen LogP contribution in [0, 0.1) is 0 Å². The molecule has 2 rings (SSSR count). The molecule has 1 aromatic carbocycles. The predicted octanol–water partition coefficient (Wildman–Crippen LogP) is 3.74. The fourth-order valence-electron chi connectivity index (χ4n) is 1.41. The van der Waals surface area contributed by atoms with Gasteiger partial charge in [-0.05, 0) is 22.0 Å². The minimum absolute atomic E-state index is 0.301. The van der Waals surface area contributed by atoms with Crippen molar-refractivity contribution in [1.82, 2.24) is 9.97 Å². The molecule has 0 spiro atoms. The van der Waals surface area contributed by atoms with E-state index in [1.165, 1.54) is 7.11 Å². The third-order valence-electron chi connectivity index (χ3n) is 2.17. The lowest BCUT2D eigenvalue weighted by Crippen LogP contribution is -1.88. The molecular weight excluding hydrogens is 329 g/mol. The van der Waals surface area contributed by atoms with Crippen molar-refractivity contribution in [2.75, 3.05) is 12.8 Å². The first-order valence-electron chi connectivity index (χ1n) is 4.57. The number of nitrogen functional groups attached to an aromatic ring is 1. The summed E-state index contributed by atoms with van der Waals surface area (Å²) in [6, 6.07) is 3.32. The van der Waals surface area contributed by atoms with Crippen LogP contribution in [-0.2, 0) is 0 Å². The monoisotopic (exact) mass is 335 g/mol. The lowest BCUT2D eigenvalue weighted by molar-refractivity contribution is 0.415. The number of hydrogen-bond donors (Lipinski definition) is 2. The number of anilines is 1. The molecular formula is C10H8BrCl2N3O. The van der Waals surface area contributed by atoms with Gasteiger partial charge in [-0.3, -0.25) is 0 Å². The number of nitrogens with zero attached hydrogens (tertiary/aromatic N) is 1. The summed E-state index contributed by atoms with van der Waals surface area (Å²) in [5.41, 5.74) is 6.85. The number of nitrogens with two attached hydrogens (primary N) is 1. The quantitative estimate of drug-likeness (QED) is 0.878. The highest BCUT2D eigenvalue weighted by molar-refractivity contribution is 9.10. The van der Waals surface area contributed by atoms with Gasteiger partial charge in [0.2, 0.25) is 0 Å². The van der Waals surface area contributed by atoms with Gasteiger partial charge in [-0.1, -0.05) is 23.2 Å². The van der Waals surface area contributed by atoms with E-state index < -0.39 is 0 Å². The molecule has 0 amide bonds. The molecule has 0 saturated carbocycles. The highest BCUT2D eigenvalue weighted by atomic mass is 79.9. The van der Waals surface area contributed by atoms with Gasteiger partial charge in [-0.15, -0.1) is 0 Å². The SMILES string of the molecule is COc1cc(Cl)c(-c2nc(N)[nH]c2Br)cc1Cl. The molecule has 17 heavy (non-hydrogen) atoms. The molecule has 0 atom stereocenters. The van der Waals surface area contributed by atoms with Crippen LogP contribution in [0.4, 0.5) is 5.95 Å². The van der Waals surface area contributed by atoms with Crippen molar-refractivity contribution in [2.45, 2.75) is 0 Å². The van der Waals surface area contributed by atoms with Gasteiger partial charge in [-0.25, -0.2) is 4.98 Å². The van der Waals surface area contributed by atoms with Crippen molar-refractivity contribution in [3.05, 3.63) is 26.8 Å². The van der Waals surface area contributed by atoms with Crippen molar-refractivity contribution >= 4 is 45.1 Å². The maximum atomic E-state index is 6.14. The summed E-state index contributed by atoms with van der Waals surface area (Å²) in [7, 11) is 1.53. The number of H-pyrrole nitrogens is 1. The van der Waals surface area contributed by atoms with Crippen molar-refractivity contribution < 1.29 is 4.74 Å². The zero-order chi connectivity index (χ0) is 12.6. The number of imidazole rings is 1. The fraction of sp³-hybridized carbons (Fsp3) is 0.100. The average molecular weight is 337 g/mol. The van der Waals surface area contributed by atoms with Gasteiger partial charge in [0, 0.05) is 11.6 Å². The second kappa shape index (κ2) is 4.76. The zero-order valence-electron chi connectivity index (χ0n) is 8.72. The van der Waals surface area contributed by atoms with E-state index in [-0.39, 0.29) is 0 Å². The molecule has 4 nitrogen and oxygen atoms in total. The Morgan fingerprint density at radius 2 is 2.06 bits per heavy atom. The average Bonchev–Trinajstić information content (AvgIpc) is 2.60. The topological polar surface area (TPSA) is 63.9 Å². The summed E-state index contributed by atoms with van der Waals surface area (Å²) in [5, 5.41) is 0.943. The second-order valence-corrected chi connectivity index (χ2v) is 4.86. The van der Waals surface area contributed by atoms with Crippen molar-refractivity contribution in [3.63, 3.8) is 0 Å². The molecule has 0 aliphatic heterocycles. The molecule has 0 bridgehead atoms. The lowest BCUT2D eigenvalue weighted by atomic mass is 10.1. The Hall–Kier alpha value is -0.910. The first-order valence-corrected chi connectivity index (χ1v) is 6.12. The van der Waals surface area contributed by atoms with Gasteiger partial charge in [-0.2, -0.15) is 0 Å². The molecule has 7 heteroatoms. The van der Waals surface area contributed by atoms with E-state index >= 15 is 0 Å². The van der Waals surface area contributed by atoms with Crippen LogP contribution in [0.1, 0.15) is 0 Å². The molecule has 0 fully saturated rings. The van der Waals surface area contributed by atoms with Gasteiger partial charge in [0.15, 0.2) is 5.95 Å². The Morgan fingerprint density at radius 3 is 2.59 bits per heavy atom. The number of hydrogen-bond acceptors (Lipinski definition) is 3. The molecule has 0 radical (unpaired) electrons. The molecule has 1 heterocycles. The highest BCUT2D eigenvalue weighted by Gasteiger charge is 2.15. The lowest BCUT2D eigenvalue weighted by Gasteiger charge is -2.07. The van der Waals surface area contributed by atoms with Gasteiger partial charge in [0.25, 0.3) is 0 Å². The third-order valence-corrected chi connectivity index (χ3v) is 3.36.